The van der Waals surface area contributed by atoms with E-state index in [1.807, 2.05) is 11.3 Å². The topological polar surface area (TPSA) is 25.8 Å². The van der Waals surface area contributed by atoms with Gasteiger partial charge >= 0.3 is 0 Å². The molecule has 0 aliphatic heterocycles. The monoisotopic (exact) mass is 554 g/mol. The fraction of sp³-hybridized carbons (Fsp3) is 0.0256. The number of hydrogen-bond acceptors (Lipinski definition) is 3. The Bertz CT molecular complexity index is 2190. The van der Waals surface area contributed by atoms with Gasteiger partial charge in [-0.05, 0) is 65.1 Å². The average molecular weight is 555 g/mol. The Morgan fingerprint density at radius 1 is 0.476 bits per heavy atom. The molecule has 198 valence electrons. The maximum atomic E-state index is 5.36. The molecule has 8 aromatic rings. The van der Waals surface area contributed by atoms with Gasteiger partial charge in [0.15, 0.2) is 5.82 Å². The van der Waals surface area contributed by atoms with E-state index >= 15 is 0 Å². The molecule has 0 N–H and O–H groups in total. The molecule has 0 spiro atoms. The summed E-state index contributed by atoms with van der Waals surface area (Å²) in [6.07, 6.45) is 0. The number of hydrogen-bond donors (Lipinski definition) is 0. The molecule has 3 heteroatoms. The summed E-state index contributed by atoms with van der Waals surface area (Å²) in [4.78, 5) is 10.5. The van der Waals surface area contributed by atoms with Crippen molar-refractivity contribution in [3.05, 3.63) is 145 Å². The molecule has 0 radical (unpaired) electrons. The van der Waals surface area contributed by atoms with Gasteiger partial charge < -0.3 is 0 Å². The van der Waals surface area contributed by atoms with Crippen LogP contribution in [0.15, 0.2) is 140 Å². The lowest BCUT2D eigenvalue weighted by Gasteiger charge is -2.13. The number of nitrogens with zero attached hydrogens (tertiary/aromatic N) is 2. The van der Waals surface area contributed by atoms with E-state index < -0.39 is 0 Å². The van der Waals surface area contributed by atoms with Gasteiger partial charge in [0, 0.05) is 36.7 Å². The van der Waals surface area contributed by atoms with Gasteiger partial charge in [0.25, 0.3) is 0 Å². The molecule has 0 aliphatic rings. The zero-order chi connectivity index (χ0) is 28.0. The van der Waals surface area contributed by atoms with E-state index in [9.17, 15) is 0 Å². The number of benzene rings is 6. The number of aromatic nitrogens is 2. The third-order valence-electron chi connectivity index (χ3n) is 7.92. The maximum absolute atomic E-state index is 5.36. The van der Waals surface area contributed by atoms with Crippen molar-refractivity contribution in [3.8, 4) is 44.9 Å². The lowest BCUT2D eigenvalue weighted by Crippen LogP contribution is -1.97. The van der Waals surface area contributed by atoms with Crippen LogP contribution in [0.1, 0.15) is 5.56 Å². The highest BCUT2D eigenvalue weighted by Crippen LogP contribution is 2.42. The first kappa shape index (κ1) is 24.7. The lowest BCUT2D eigenvalue weighted by molar-refractivity contribution is 1.23. The van der Waals surface area contributed by atoms with Crippen LogP contribution in [0.25, 0.3) is 76.0 Å². The molecule has 6 aromatic carbocycles. The maximum Gasteiger partial charge on any atom is 0.160 e. The largest absolute Gasteiger partial charge is 0.228 e. The van der Waals surface area contributed by atoms with Crippen LogP contribution in [0.5, 0.6) is 0 Å². The fourth-order valence-electron chi connectivity index (χ4n) is 5.86. The molecule has 0 aliphatic carbocycles. The highest BCUT2D eigenvalue weighted by Gasteiger charge is 2.17. The smallest absolute Gasteiger partial charge is 0.160 e. The third kappa shape index (κ3) is 4.27. The minimum absolute atomic E-state index is 0.733. The van der Waals surface area contributed by atoms with Crippen molar-refractivity contribution in [2.45, 2.75) is 6.92 Å². The van der Waals surface area contributed by atoms with Crippen molar-refractivity contribution in [3.63, 3.8) is 0 Å². The van der Waals surface area contributed by atoms with Crippen LogP contribution in [-0.4, -0.2) is 9.97 Å². The van der Waals surface area contributed by atoms with Crippen LogP contribution in [-0.2, 0) is 0 Å². The Hall–Kier alpha value is -5.12. The van der Waals surface area contributed by atoms with Gasteiger partial charge in [-0.2, -0.15) is 0 Å². The Balaban J connectivity index is 1.41. The van der Waals surface area contributed by atoms with E-state index in [2.05, 4.69) is 146 Å². The summed E-state index contributed by atoms with van der Waals surface area (Å²) < 4.78 is 2.55. The first-order chi connectivity index (χ1) is 20.7. The zero-order valence-corrected chi connectivity index (χ0v) is 23.9. The van der Waals surface area contributed by atoms with E-state index in [1.54, 1.807) is 0 Å². The van der Waals surface area contributed by atoms with Gasteiger partial charge in [0.2, 0.25) is 0 Å². The van der Waals surface area contributed by atoms with Crippen molar-refractivity contribution in [1.29, 1.82) is 0 Å². The first-order valence-electron chi connectivity index (χ1n) is 14.2. The van der Waals surface area contributed by atoms with Crippen molar-refractivity contribution in [2.24, 2.45) is 0 Å². The summed E-state index contributed by atoms with van der Waals surface area (Å²) in [5.41, 5.74) is 9.89. The van der Waals surface area contributed by atoms with Crippen LogP contribution in [0, 0.1) is 6.92 Å². The van der Waals surface area contributed by atoms with Crippen molar-refractivity contribution >= 4 is 42.4 Å². The summed E-state index contributed by atoms with van der Waals surface area (Å²) in [7, 11) is 0. The average Bonchev–Trinajstić information content (AvgIpc) is 3.44. The summed E-state index contributed by atoms with van der Waals surface area (Å²) >= 11 is 1.84. The van der Waals surface area contributed by atoms with E-state index in [4.69, 9.17) is 9.97 Å². The molecular weight excluding hydrogens is 529 g/mol. The molecule has 0 unspecified atom stereocenters. The summed E-state index contributed by atoms with van der Waals surface area (Å²) in [5, 5.41) is 3.62. The Kier molecular flexibility index (Phi) is 5.90. The van der Waals surface area contributed by atoms with Crippen LogP contribution in [0.3, 0.4) is 0 Å². The Morgan fingerprint density at radius 3 is 1.86 bits per heavy atom. The molecule has 0 bridgehead atoms. The van der Waals surface area contributed by atoms with Crippen LogP contribution in [0.4, 0.5) is 0 Å². The van der Waals surface area contributed by atoms with Crippen LogP contribution in [0.2, 0.25) is 0 Å². The van der Waals surface area contributed by atoms with Crippen molar-refractivity contribution in [2.75, 3.05) is 0 Å². The lowest BCUT2D eigenvalue weighted by atomic mass is 9.95. The molecule has 2 heterocycles. The third-order valence-corrected chi connectivity index (χ3v) is 9.14. The highest BCUT2D eigenvalue weighted by molar-refractivity contribution is 7.26. The van der Waals surface area contributed by atoms with Gasteiger partial charge in [-0.25, -0.2) is 9.97 Å². The zero-order valence-electron chi connectivity index (χ0n) is 23.1. The molecular formula is C39H26N2S. The van der Waals surface area contributed by atoms with Gasteiger partial charge in [0.1, 0.15) is 0 Å². The predicted molar refractivity (Wildman–Crippen MR) is 179 cm³/mol. The second-order valence-electron chi connectivity index (χ2n) is 10.7. The molecule has 8 rings (SSSR count). The normalized spacial score (nSPS) is 11.5. The van der Waals surface area contributed by atoms with E-state index in [-0.39, 0.29) is 0 Å². The Morgan fingerprint density at radius 2 is 1.12 bits per heavy atom. The van der Waals surface area contributed by atoms with Crippen molar-refractivity contribution < 1.29 is 0 Å². The molecule has 0 amide bonds. The molecule has 2 aromatic heterocycles. The molecule has 42 heavy (non-hydrogen) atoms. The molecule has 2 nitrogen and oxygen atoms in total. The van der Waals surface area contributed by atoms with Crippen LogP contribution < -0.4 is 0 Å². The van der Waals surface area contributed by atoms with Gasteiger partial charge in [-0.15, -0.1) is 11.3 Å². The molecule has 0 atom stereocenters. The second kappa shape index (κ2) is 10.1. The summed E-state index contributed by atoms with van der Waals surface area (Å²) in [6.45, 7) is 2.12. The number of aryl methyl sites for hydroxylation is 1. The number of fused-ring (bicyclic) bond motifs is 4. The molecule has 0 saturated heterocycles. The quantitative estimate of drug-likeness (QED) is 0.216. The van der Waals surface area contributed by atoms with E-state index in [0.717, 1.165) is 44.7 Å². The minimum atomic E-state index is 0.733. The van der Waals surface area contributed by atoms with Crippen molar-refractivity contribution in [1.82, 2.24) is 9.97 Å². The van der Waals surface area contributed by atoms with Crippen LogP contribution >= 0.6 is 11.3 Å². The number of thiophene rings is 1. The minimum Gasteiger partial charge on any atom is -0.228 e. The van der Waals surface area contributed by atoms with Gasteiger partial charge in [0.05, 0.1) is 11.2 Å². The molecule has 0 saturated carbocycles. The summed E-state index contributed by atoms with van der Waals surface area (Å²) in [6, 6.07) is 49.5. The SMILES string of the molecule is Cc1ccc2c(-c3cccc4c3sc3ccccc34)nc(-c3cc(-c4ccccc4)cc(-c4ccccc4)c3)nc2c1. The summed E-state index contributed by atoms with van der Waals surface area (Å²) in [5.74, 6) is 0.733. The first-order valence-corrected chi connectivity index (χ1v) is 15.0. The Labute approximate surface area is 248 Å². The fourth-order valence-corrected chi connectivity index (χ4v) is 7.08. The van der Waals surface area contributed by atoms with E-state index in [0.29, 0.717) is 0 Å². The van der Waals surface area contributed by atoms with Gasteiger partial charge in [-0.3, -0.25) is 0 Å². The highest BCUT2D eigenvalue weighted by atomic mass is 32.1. The number of rotatable bonds is 4. The molecule has 0 fully saturated rings. The predicted octanol–water partition coefficient (Wildman–Crippen LogP) is 11.0. The van der Waals surface area contributed by atoms with E-state index in [1.165, 1.54) is 36.9 Å². The van der Waals surface area contributed by atoms with Gasteiger partial charge in [-0.1, -0.05) is 109 Å². The second-order valence-corrected chi connectivity index (χ2v) is 11.8. The standard InChI is InChI=1S/C39H26N2S/c1-25-19-20-33-35(21-25)40-39(41-37(33)34-17-10-16-32-31-15-8-9-18-36(31)42-38(32)34)30-23-28(26-11-4-2-5-12-26)22-29(24-30)27-13-6-3-7-14-27/h2-24H,1H3.